The van der Waals surface area contributed by atoms with Gasteiger partial charge < -0.3 is 5.32 Å². The summed E-state index contributed by atoms with van der Waals surface area (Å²) >= 11 is 0. The van der Waals surface area contributed by atoms with Gasteiger partial charge in [0.1, 0.15) is 0 Å². The second kappa shape index (κ2) is 4.18. The van der Waals surface area contributed by atoms with Gasteiger partial charge in [0.25, 0.3) is 0 Å². The normalized spacial score (nSPS) is 29.5. The van der Waals surface area contributed by atoms with E-state index in [0.717, 1.165) is 5.56 Å². The van der Waals surface area contributed by atoms with Crippen molar-refractivity contribution in [3.63, 3.8) is 0 Å². The third kappa shape index (κ3) is 1.65. The van der Waals surface area contributed by atoms with Gasteiger partial charge in [-0.2, -0.15) is 5.26 Å². The summed E-state index contributed by atoms with van der Waals surface area (Å²) in [5, 5.41) is 12.0. The lowest BCUT2D eigenvalue weighted by Crippen LogP contribution is -2.32. The number of nitrogens with zero attached hydrogens (tertiary/aromatic N) is 2. The number of rotatable bonds is 1. The van der Waals surface area contributed by atoms with Crippen molar-refractivity contribution in [1.82, 2.24) is 10.2 Å². The smallest absolute Gasteiger partial charge is 0.234 e. The molecule has 96 valence electrons. The Bertz CT molecular complexity index is 588. The van der Waals surface area contributed by atoms with Crippen LogP contribution in [-0.2, 0) is 9.59 Å². The lowest BCUT2D eigenvalue weighted by Gasteiger charge is -2.17. The second-order valence-corrected chi connectivity index (χ2v) is 4.99. The van der Waals surface area contributed by atoms with Gasteiger partial charge in [0.15, 0.2) is 0 Å². The van der Waals surface area contributed by atoms with Crippen LogP contribution in [0.1, 0.15) is 17.2 Å². The number of carbonyl (C=O) groups is 2. The zero-order valence-corrected chi connectivity index (χ0v) is 10.5. The molecule has 2 amide bonds. The summed E-state index contributed by atoms with van der Waals surface area (Å²) in [6.07, 6.45) is 0. The van der Waals surface area contributed by atoms with Crippen LogP contribution in [0.25, 0.3) is 0 Å². The summed E-state index contributed by atoms with van der Waals surface area (Å²) in [6, 6.07) is 9.07. The standard InChI is InChI=1S/C14H13N3O2/c1-17-13(18)10-7-16-12(11(10)14(17)19)9-4-2-8(6-15)3-5-9/h2-5,10-12,16H,7H2,1H3/t10-,11-,12?/m0/s1. The first-order chi connectivity index (χ1) is 9.13. The first kappa shape index (κ1) is 11.9. The highest BCUT2D eigenvalue weighted by atomic mass is 16.2. The van der Waals surface area contributed by atoms with Crippen LogP contribution in [0.3, 0.4) is 0 Å². The van der Waals surface area contributed by atoms with E-state index in [-0.39, 0.29) is 29.7 Å². The van der Waals surface area contributed by atoms with Crippen molar-refractivity contribution in [1.29, 1.82) is 5.26 Å². The van der Waals surface area contributed by atoms with E-state index in [4.69, 9.17) is 5.26 Å². The van der Waals surface area contributed by atoms with Crippen LogP contribution < -0.4 is 5.32 Å². The number of hydrogen-bond acceptors (Lipinski definition) is 4. The summed E-state index contributed by atoms with van der Waals surface area (Å²) in [4.78, 5) is 25.2. The molecule has 2 aliphatic rings. The number of nitriles is 1. The first-order valence-corrected chi connectivity index (χ1v) is 6.18. The van der Waals surface area contributed by atoms with Gasteiger partial charge in [-0.3, -0.25) is 14.5 Å². The van der Waals surface area contributed by atoms with E-state index in [9.17, 15) is 9.59 Å². The van der Waals surface area contributed by atoms with Crippen LogP contribution in [0.4, 0.5) is 0 Å². The number of fused-ring (bicyclic) bond motifs is 1. The minimum Gasteiger partial charge on any atom is -0.308 e. The topological polar surface area (TPSA) is 73.2 Å². The minimum absolute atomic E-state index is 0.0985. The predicted octanol–water partition coefficient (Wildman–Crippen LogP) is 0.434. The maximum Gasteiger partial charge on any atom is 0.234 e. The quantitative estimate of drug-likeness (QED) is 0.739. The van der Waals surface area contributed by atoms with E-state index in [1.165, 1.54) is 4.90 Å². The lowest BCUT2D eigenvalue weighted by molar-refractivity contribution is -0.138. The monoisotopic (exact) mass is 255 g/mol. The van der Waals surface area contributed by atoms with Crippen LogP contribution in [0.2, 0.25) is 0 Å². The summed E-state index contributed by atoms with van der Waals surface area (Å²) in [7, 11) is 1.54. The van der Waals surface area contributed by atoms with Crippen molar-refractivity contribution in [3.05, 3.63) is 35.4 Å². The summed E-state index contributed by atoms with van der Waals surface area (Å²) in [6.45, 7) is 0.532. The summed E-state index contributed by atoms with van der Waals surface area (Å²) in [5.74, 6) is -0.781. The van der Waals surface area contributed by atoms with Crippen molar-refractivity contribution in [2.24, 2.45) is 11.8 Å². The third-order valence-corrected chi connectivity index (χ3v) is 4.01. The average molecular weight is 255 g/mol. The van der Waals surface area contributed by atoms with Gasteiger partial charge in [-0.05, 0) is 17.7 Å². The van der Waals surface area contributed by atoms with Crippen LogP contribution >= 0.6 is 0 Å². The van der Waals surface area contributed by atoms with E-state index in [2.05, 4.69) is 11.4 Å². The van der Waals surface area contributed by atoms with E-state index in [1.54, 1.807) is 19.2 Å². The van der Waals surface area contributed by atoms with Crippen LogP contribution in [-0.4, -0.2) is 30.3 Å². The fourth-order valence-corrected chi connectivity index (χ4v) is 2.97. The van der Waals surface area contributed by atoms with Crippen molar-refractivity contribution >= 4 is 11.8 Å². The molecule has 0 radical (unpaired) electrons. The Kier molecular flexibility index (Phi) is 2.61. The fraction of sp³-hybridized carbons (Fsp3) is 0.357. The Morgan fingerprint density at radius 1 is 1.26 bits per heavy atom. The van der Waals surface area contributed by atoms with Crippen molar-refractivity contribution in [2.75, 3.05) is 13.6 Å². The maximum absolute atomic E-state index is 12.1. The molecule has 5 nitrogen and oxygen atoms in total. The Hall–Kier alpha value is -2.19. The van der Waals surface area contributed by atoms with Gasteiger partial charge in [-0.25, -0.2) is 0 Å². The highest BCUT2D eigenvalue weighted by Gasteiger charge is 2.53. The van der Waals surface area contributed by atoms with Crippen molar-refractivity contribution in [3.8, 4) is 6.07 Å². The van der Waals surface area contributed by atoms with Crippen molar-refractivity contribution in [2.45, 2.75) is 6.04 Å². The van der Waals surface area contributed by atoms with E-state index >= 15 is 0 Å². The molecular formula is C14H13N3O2. The van der Waals surface area contributed by atoms with E-state index in [0.29, 0.717) is 12.1 Å². The number of hydrogen-bond donors (Lipinski definition) is 1. The van der Waals surface area contributed by atoms with Gasteiger partial charge in [0.2, 0.25) is 11.8 Å². The SMILES string of the molecule is CN1C(=O)[C@H]2CNC(c3ccc(C#N)cc3)[C@H]2C1=O. The second-order valence-electron chi connectivity index (χ2n) is 4.99. The molecule has 1 unspecified atom stereocenters. The van der Waals surface area contributed by atoms with Gasteiger partial charge in [-0.15, -0.1) is 0 Å². The molecule has 0 saturated carbocycles. The molecule has 2 aliphatic heterocycles. The molecule has 2 fully saturated rings. The predicted molar refractivity (Wildman–Crippen MR) is 66.7 cm³/mol. The van der Waals surface area contributed by atoms with Crippen LogP contribution in [0.5, 0.6) is 0 Å². The molecule has 1 aromatic carbocycles. The molecular weight excluding hydrogens is 242 g/mol. The summed E-state index contributed by atoms with van der Waals surface area (Å²) in [5.41, 5.74) is 1.53. The molecule has 0 bridgehead atoms. The number of benzene rings is 1. The van der Waals surface area contributed by atoms with Crippen LogP contribution in [0.15, 0.2) is 24.3 Å². The average Bonchev–Trinajstić information content (AvgIpc) is 2.96. The Labute approximate surface area is 110 Å². The van der Waals surface area contributed by atoms with Gasteiger partial charge >= 0.3 is 0 Å². The number of amides is 2. The Balaban J connectivity index is 1.92. The molecule has 0 aromatic heterocycles. The Morgan fingerprint density at radius 3 is 2.58 bits per heavy atom. The molecule has 1 N–H and O–H groups in total. The molecule has 0 aliphatic carbocycles. The highest BCUT2D eigenvalue weighted by Crippen LogP contribution is 2.40. The van der Waals surface area contributed by atoms with Crippen LogP contribution in [0, 0.1) is 23.2 Å². The van der Waals surface area contributed by atoms with Crippen molar-refractivity contribution < 1.29 is 9.59 Å². The number of imide groups is 1. The van der Waals surface area contributed by atoms with Gasteiger partial charge in [0, 0.05) is 19.6 Å². The minimum atomic E-state index is -0.314. The molecule has 0 spiro atoms. The van der Waals surface area contributed by atoms with E-state index in [1.807, 2.05) is 12.1 Å². The highest BCUT2D eigenvalue weighted by molar-refractivity contribution is 6.05. The maximum atomic E-state index is 12.1. The van der Waals surface area contributed by atoms with E-state index < -0.39 is 0 Å². The number of likely N-dealkylation sites (tertiary alicyclic amines) is 1. The molecule has 2 saturated heterocycles. The molecule has 3 atom stereocenters. The first-order valence-electron chi connectivity index (χ1n) is 6.18. The molecule has 1 aromatic rings. The fourth-order valence-electron chi connectivity index (χ4n) is 2.97. The zero-order valence-electron chi connectivity index (χ0n) is 10.5. The van der Waals surface area contributed by atoms with Gasteiger partial charge in [-0.1, -0.05) is 12.1 Å². The summed E-state index contributed by atoms with van der Waals surface area (Å²) < 4.78 is 0. The zero-order chi connectivity index (χ0) is 13.6. The number of nitrogens with one attached hydrogen (secondary N) is 1. The molecule has 5 heteroatoms. The molecule has 2 heterocycles. The lowest BCUT2D eigenvalue weighted by atomic mass is 9.89. The molecule has 19 heavy (non-hydrogen) atoms. The number of carbonyl (C=O) groups excluding carboxylic acids is 2. The molecule has 3 rings (SSSR count). The third-order valence-electron chi connectivity index (χ3n) is 4.01. The Morgan fingerprint density at radius 2 is 1.95 bits per heavy atom. The van der Waals surface area contributed by atoms with Gasteiger partial charge in [0.05, 0.1) is 23.5 Å². The largest absolute Gasteiger partial charge is 0.308 e.